The first kappa shape index (κ1) is 20.6. The van der Waals surface area contributed by atoms with Gasteiger partial charge in [-0.2, -0.15) is 0 Å². The van der Waals surface area contributed by atoms with E-state index >= 15 is 0 Å². The molecule has 2 heterocycles. The lowest BCUT2D eigenvalue weighted by Gasteiger charge is -2.11. The number of aliphatic imine (C=N–C) groups is 1. The predicted molar refractivity (Wildman–Crippen MR) is 125 cm³/mol. The Morgan fingerprint density at radius 1 is 1.10 bits per heavy atom. The third kappa shape index (κ3) is 4.13. The zero-order chi connectivity index (χ0) is 21.4. The molecule has 1 aliphatic heterocycles. The van der Waals surface area contributed by atoms with Crippen molar-refractivity contribution in [1.82, 2.24) is 9.88 Å². The first-order chi connectivity index (χ1) is 14.3. The van der Waals surface area contributed by atoms with E-state index in [1.165, 1.54) is 23.9 Å². The number of aromatic nitrogens is 1. The molecule has 3 aromatic rings. The summed E-state index contributed by atoms with van der Waals surface area (Å²) < 4.78 is 16.3. The molecule has 0 saturated carbocycles. The first-order valence-electron chi connectivity index (χ1n) is 9.32. The van der Waals surface area contributed by atoms with Crippen molar-refractivity contribution < 1.29 is 9.18 Å². The third-order valence-corrected chi connectivity index (χ3v) is 6.66. The third-order valence-electron chi connectivity index (χ3n) is 4.86. The van der Waals surface area contributed by atoms with Crippen LogP contribution in [0.2, 0.25) is 0 Å². The molecule has 1 aromatic heterocycles. The van der Waals surface area contributed by atoms with Gasteiger partial charge in [0.15, 0.2) is 5.17 Å². The van der Waals surface area contributed by atoms with Crippen LogP contribution in [0, 0.1) is 26.6 Å². The minimum absolute atomic E-state index is 0.190. The molecule has 0 radical (unpaired) electrons. The average Bonchev–Trinajstić information content (AvgIpc) is 3.18. The number of aryl methyl sites for hydroxylation is 2. The second-order valence-corrected chi connectivity index (χ2v) is 8.94. The van der Waals surface area contributed by atoms with Crippen LogP contribution in [0.25, 0.3) is 11.8 Å². The summed E-state index contributed by atoms with van der Waals surface area (Å²) >= 11 is 4.82. The summed E-state index contributed by atoms with van der Waals surface area (Å²) in [5.74, 6) is -0.510. The molecule has 1 aliphatic rings. The molecule has 30 heavy (non-hydrogen) atoms. The Hall–Kier alpha value is -2.64. The lowest BCUT2D eigenvalue weighted by Crippen LogP contribution is -2.19. The number of thioether (sulfide) groups is 1. The van der Waals surface area contributed by atoms with E-state index in [0.717, 1.165) is 32.7 Å². The topological polar surface area (TPSA) is 46.4 Å². The molecule has 4 rings (SSSR count). The molecule has 1 fully saturated rings. The summed E-state index contributed by atoms with van der Waals surface area (Å²) in [5, 5.41) is 3.26. The molecule has 0 bridgehead atoms. The maximum atomic E-state index is 13.1. The number of amides is 1. The normalized spacial score (nSPS) is 16.5. The van der Waals surface area contributed by atoms with E-state index in [4.69, 9.17) is 0 Å². The highest BCUT2D eigenvalue weighted by molar-refractivity contribution is 9.10. The Balaban J connectivity index is 1.64. The number of carbonyl (C=O) groups is 1. The number of amidine groups is 1. The summed E-state index contributed by atoms with van der Waals surface area (Å²) in [4.78, 5) is 17.4. The van der Waals surface area contributed by atoms with Crippen LogP contribution in [0.15, 0.2) is 62.9 Å². The minimum atomic E-state index is -0.320. The maximum absolute atomic E-state index is 13.1. The number of nitrogens with zero attached hydrogens (tertiary/aromatic N) is 2. The summed E-state index contributed by atoms with van der Waals surface area (Å²) in [6, 6.07) is 14.1. The van der Waals surface area contributed by atoms with E-state index in [1.807, 2.05) is 19.1 Å². The van der Waals surface area contributed by atoms with E-state index in [9.17, 15) is 9.18 Å². The van der Waals surface area contributed by atoms with Crippen molar-refractivity contribution in [3.05, 3.63) is 86.2 Å². The van der Waals surface area contributed by atoms with Crippen LogP contribution >= 0.6 is 27.7 Å². The fraction of sp³-hybridized carbons (Fsp3) is 0.130. The van der Waals surface area contributed by atoms with Crippen LogP contribution in [0.3, 0.4) is 0 Å². The molecule has 4 nitrogen and oxygen atoms in total. The quantitative estimate of drug-likeness (QED) is 0.451. The van der Waals surface area contributed by atoms with Crippen molar-refractivity contribution in [2.75, 3.05) is 0 Å². The molecular formula is C23H19BrFN3OS. The van der Waals surface area contributed by atoms with Gasteiger partial charge < -0.3 is 9.88 Å². The Kier molecular flexibility index (Phi) is 5.66. The molecule has 152 valence electrons. The van der Waals surface area contributed by atoms with Crippen molar-refractivity contribution in [3.8, 4) is 5.69 Å². The van der Waals surface area contributed by atoms with Gasteiger partial charge in [0.25, 0.3) is 5.91 Å². The summed E-state index contributed by atoms with van der Waals surface area (Å²) in [5.41, 5.74) is 5.95. The fourth-order valence-electron chi connectivity index (χ4n) is 3.35. The van der Waals surface area contributed by atoms with Gasteiger partial charge in [0, 0.05) is 21.5 Å². The second-order valence-electron chi connectivity index (χ2n) is 7.05. The maximum Gasteiger partial charge on any atom is 0.264 e. The zero-order valence-electron chi connectivity index (χ0n) is 16.7. The predicted octanol–water partition coefficient (Wildman–Crippen LogP) is 6.20. The molecule has 1 N–H and O–H groups in total. The van der Waals surface area contributed by atoms with Gasteiger partial charge in [0.1, 0.15) is 5.82 Å². The minimum Gasteiger partial charge on any atom is -0.318 e. The average molecular weight is 484 g/mol. The molecule has 7 heteroatoms. The summed E-state index contributed by atoms with van der Waals surface area (Å²) in [7, 11) is 0. The second kappa shape index (κ2) is 8.24. The molecule has 0 atom stereocenters. The zero-order valence-corrected chi connectivity index (χ0v) is 19.1. The standard InChI is InChI=1S/C23H19BrFN3OS/c1-13-10-19(8-9-20(13)24)28-14(2)11-16(15(28)3)12-21-22(29)27-23(30-21)26-18-6-4-17(25)5-7-18/h4-12H,1-3H3,(H,26,27,29)/b21-12-. The molecule has 0 unspecified atom stereocenters. The smallest absolute Gasteiger partial charge is 0.264 e. The lowest BCUT2D eigenvalue weighted by atomic mass is 10.2. The number of nitrogens with one attached hydrogen (secondary N) is 1. The largest absolute Gasteiger partial charge is 0.318 e. The number of benzene rings is 2. The van der Waals surface area contributed by atoms with Gasteiger partial charge in [-0.05, 0) is 98.3 Å². The van der Waals surface area contributed by atoms with E-state index in [1.54, 1.807) is 12.1 Å². The number of hydrogen-bond acceptors (Lipinski definition) is 3. The highest BCUT2D eigenvalue weighted by Crippen LogP contribution is 2.31. The van der Waals surface area contributed by atoms with E-state index in [2.05, 4.69) is 62.9 Å². The van der Waals surface area contributed by atoms with Crippen molar-refractivity contribution >= 4 is 50.5 Å². The monoisotopic (exact) mass is 483 g/mol. The molecule has 2 aromatic carbocycles. The molecule has 1 saturated heterocycles. The summed E-state index contributed by atoms with van der Waals surface area (Å²) in [6.45, 7) is 6.16. The summed E-state index contributed by atoms with van der Waals surface area (Å²) in [6.07, 6.45) is 1.89. The van der Waals surface area contributed by atoms with E-state index < -0.39 is 0 Å². The van der Waals surface area contributed by atoms with Gasteiger partial charge in [-0.25, -0.2) is 9.38 Å². The van der Waals surface area contributed by atoms with E-state index in [-0.39, 0.29) is 11.7 Å². The Bertz CT molecular complexity index is 1210. The number of rotatable bonds is 3. The lowest BCUT2D eigenvalue weighted by molar-refractivity contribution is -0.115. The molecule has 0 aliphatic carbocycles. The van der Waals surface area contributed by atoms with Crippen molar-refractivity contribution in [1.29, 1.82) is 0 Å². The number of carbonyl (C=O) groups excluding carboxylic acids is 1. The Labute approximate surface area is 187 Å². The highest BCUT2D eigenvalue weighted by Gasteiger charge is 2.24. The van der Waals surface area contributed by atoms with Gasteiger partial charge in [-0.3, -0.25) is 4.79 Å². The van der Waals surface area contributed by atoms with E-state index in [0.29, 0.717) is 15.8 Å². The molecule has 1 amide bonds. The Morgan fingerprint density at radius 2 is 1.83 bits per heavy atom. The van der Waals surface area contributed by atoms with Gasteiger partial charge in [0.05, 0.1) is 10.6 Å². The van der Waals surface area contributed by atoms with Crippen LogP contribution in [-0.2, 0) is 4.79 Å². The van der Waals surface area contributed by atoms with Crippen LogP contribution in [0.4, 0.5) is 10.1 Å². The van der Waals surface area contributed by atoms with Gasteiger partial charge >= 0.3 is 0 Å². The van der Waals surface area contributed by atoms with Crippen molar-refractivity contribution in [2.24, 2.45) is 4.99 Å². The van der Waals surface area contributed by atoms with Crippen molar-refractivity contribution in [2.45, 2.75) is 20.8 Å². The van der Waals surface area contributed by atoms with Gasteiger partial charge in [0.2, 0.25) is 0 Å². The SMILES string of the molecule is Cc1cc(-n2c(C)cc(/C=C3\SC(=Nc4ccc(F)cc4)NC3=O)c2C)ccc1Br. The highest BCUT2D eigenvalue weighted by atomic mass is 79.9. The van der Waals surface area contributed by atoms with Crippen molar-refractivity contribution in [3.63, 3.8) is 0 Å². The van der Waals surface area contributed by atoms with Crippen LogP contribution in [0.1, 0.15) is 22.5 Å². The van der Waals surface area contributed by atoms with Gasteiger partial charge in [-0.1, -0.05) is 15.9 Å². The van der Waals surface area contributed by atoms with Crippen LogP contribution in [0.5, 0.6) is 0 Å². The molecule has 0 spiro atoms. The molecular weight excluding hydrogens is 465 g/mol. The van der Waals surface area contributed by atoms with Gasteiger partial charge in [-0.15, -0.1) is 0 Å². The fourth-order valence-corrected chi connectivity index (χ4v) is 4.43. The Morgan fingerprint density at radius 3 is 2.53 bits per heavy atom. The van der Waals surface area contributed by atoms with Crippen LogP contribution in [-0.4, -0.2) is 15.6 Å². The number of halogens is 2. The number of hydrogen-bond donors (Lipinski definition) is 1. The van der Waals surface area contributed by atoms with Crippen LogP contribution < -0.4 is 5.32 Å². The first-order valence-corrected chi connectivity index (χ1v) is 10.9.